The highest BCUT2D eigenvalue weighted by atomic mass is 14.9. The van der Waals surface area contributed by atoms with Gasteiger partial charge in [0.1, 0.15) is 0 Å². The van der Waals surface area contributed by atoms with Crippen LogP contribution in [0, 0.1) is 5.41 Å². The summed E-state index contributed by atoms with van der Waals surface area (Å²) in [6.45, 7) is 5.75. The van der Waals surface area contributed by atoms with Crippen LogP contribution in [0.2, 0.25) is 0 Å². The third-order valence-corrected chi connectivity index (χ3v) is 4.13. The number of benzene rings is 1. The molecule has 0 aromatic heterocycles. The van der Waals surface area contributed by atoms with E-state index < -0.39 is 0 Å². The average molecular weight is 231 g/mol. The van der Waals surface area contributed by atoms with Crippen molar-refractivity contribution >= 4 is 0 Å². The molecule has 0 amide bonds. The first-order valence-electron chi connectivity index (χ1n) is 7.02. The minimum atomic E-state index is 0.604. The van der Waals surface area contributed by atoms with Crippen molar-refractivity contribution < 1.29 is 0 Å². The van der Waals surface area contributed by atoms with Crippen LogP contribution in [0.25, 0.3) is 0 Å². The fourth-order valence-corrected chi connectivity index (χ4v) is 2.64. The Morgan fingerprint density at radius 2 is 1.94 bits per heavy atom. The van der Waals surface area contributed by atoms with Crippen LogP contribution in [0.1, 0.15) is 45.1 Å². The Balaban J connectivity index is 1.76. The number of hydrogen-bond donors (Lipinski definition) is 1. The summed E-state index contributed by atoms with van der Waals surface area (Å²) in [7, 11) is 0. The number of nitrogens with one attached hydrogen (secondary N) is 1. The van der Waals surface area contributed by atoms with Gasteiger partial charge >= 0.3 is 0 Å². The van der Waals surface area contributed by atoms with Gasteiger partial charge in [0.15, 0.2) is 0 Å². The fraction of sp³-hybridized carbons (Fsp3) is 0.625. The van der Waals surface area contributed by atoms with Crippen molar-refractivity contribution in [3.63, 3.8) is 0 Å². The van der Waals surface area contributed by atoms with Crippen LogP contribution >= 0.6 is 0 Å². The van der Waals surface area contributed by atoms with Gasteiger partial charge in [-0.2, -0.15) is 0 Å². The largest absolute Gasteiger partial charge is 0.314 e. The Morgan fingerprint density at radius 3 is 2.53 bits per heavy atom. The summed E-state index contributed by atoms with van der Waals surface area (Å²) in [5.74, 6) is 0. The third-order valence-electron chi connectivity index (χ3n) is 4.13. The zero-order chi connectivity index (χ0) is 12.1. The Labute approximate surface area is 106 Å². The number of rotatable bonds is 7. The predicted octanol–water partition coefficient (Wildman–Crippen LogP) is 3.79. The molecule has 17 heavy (non-hydrogen) atoms. The molecule has 1 aliphatic rings. The summed E-state index contributed by atoms with van der Waals surface area (Å²) >= 11 is 0. The SMILES string of the molecule is CCNC(CCCc1ccccc1)C1(C)CC1. The highest BCUT2D eigenvalue weighted by Gasteiger charge is 2.43. The summed E-state index contributed by atoms with van der Waals surface area (Å²) in [5, 5.41) is 3.67. The lowest BCUT2D eigenvalue weighted by atomic mass is 9.93. The van der Waals surface area contributed by atoms with Crippen LogP contribution in [0.4, 0.5) is 0 Å². The van der Waals surface area contributed by atoms with Crippen LogP contribution in [-0.2, 0) is 6.42 Å². The van der Waals surface area contributed by atoms with Crippen molar-refractivity contribution in [2.45, 2.75) is 52.0 Å². The van der Waals surface area contributed by atoms with Gasteiger partial charge in [0.25, 0.3) is 0 Å². The van der Waals surface area contributed by atoms with E-state index in [1.807, 2.05) is 0 Å². The van der Waals surface area contributed by atoms with Crippen molar-refractivity contribution in [1.82, 2.24) is 5.32 Å². The Hall–Kier alpha value is -0.820. The molecule has 94 valence electrons. The molecule has 1 unspecified atom stereocenters. The van der Waals surface area contributed by atoms with Gasteiger partial charge in [-0.15, -0.1) is 0 Å². The van der Waals surface area contributed by atoms with Crippen molar-refractivity contribution in [2.75, 3.05) is 6.54 Å². The van der Waals surface area contributed by atoms with E-state index in [1.165, 1.54) is 37.7 Å². The molecule has 0 saturated heterocycles. The molecule has 1 N–H and O–H groups in total. The second-order valence-corrected chi connectivity index (χ2v) is 5.64. The molecule has 0 heterocycles. The standard InChI is InChI=1S/C16H25N/c1-3-17-15(16(2)12-13-16)11-7-10-14-8-5-4-6-9-14/h4-6,8-9,15,17H,3,7,10-13H2,1-2H3. The molecular weight excluding hydrogens is 206 g/mol. The topological polar surface area (TPSA) is 12.0 Å². The first-order chi connectivity index (χ1) is 8.24. The van der Waals surface area contributed by atoms with Crippen molar-refractivity contribution in [1.29, 1.82) is 0 Å². The van der Waals surface area contributed by atoms with Crippen LogP contribution in [-0.4, -0.2) is 12.6 Å². The first-order valence-corrected chi connectivity index (χ1v) is 7.02. The van der Waals surface area contributed by atoms with Crippen molar-refractivity contribution in [3.8, 4) is 0 Å². The zero-order valence-electron chi connectivity index (χ0n) is 11.2. The Kier molecular flexibility index (Phi) is 4.22. The predicted molar refractivity (Wildman–Crippen MR) is 74.2 cm³/mol. The van der Waals surface area contributed by atoms with Gasteiger partial charge in [-0.1, -0.05) is 44.2 Å². The molecule has 1 nitrogen and oxygen atoms in total. The number of hydrogen-bond acceptors (Lipinski definition) is 1. The normalized spacial score (nSPS) is 18.9. The molecule has 1 fully saturated rings. The summed E-state index contributed by atoms with van der Waals surface area (Å²) in [6, 6.07) is 11.6. The second kappa shape index (κ2) is 5.68. The van der Waals surface area contributed by atoms with E-state index >= 15 is 0 Å². The fourth-order valence-electron chi connectivity index (χ4n) is 2.64. The van der Waals surface area contributed by atoms with Gasteiger partial charge in [-0.25, -0.2) is 0 Å². The molecule has 2 rings (SSSR count). The molecule has 1 heteroatoms. The van der Waals surface area contributed by atoms with Crippen LogP contribution < -0.4 is 5.32 Å². The molecule has 0 bridgehead atoms. The second-order valence-electron chi connectivity index (χ2n) is 5.64. The van der Waals surface area contributed by atoms with E-state index in [4.69, 9.17) is 0 Å². The summed E-state index contributed by atoms with van der Waals surface area (Å²) < 4.78 is 0. The minimum absolute atomic E-state index is 0.604. The number of aryl methyl sites for hydroxylation is 1. The molecule has 1 atom stereocenters. The van der Waals surface area contributed by atoms with E-state index in [0.29, 0.717) is 5.41 Å². The van der Waals surface area contributed by atoms with E-state index in [0.717, 1.165) is 12.6 Å². The molecule has 1 aliphatic carbocycles. The van der Waals surface area contributed by atoms with E-state index in [9.17, 15) is 0 Å². The monoisotopic (exact) mass is 231 g/mol. The van der Waals surface area contributed by atoms with E-state index in [1.54, 1.807) is 0 Å². The van der Waals surface area contributed by atoms with Crippen molar-refractivity contribution in [2.24, 2.45) is 5.41 Å². The lowest BCUT2D eigenvalue weighted by Gasteiger charge is -2.24. The van der Waals surface area contributed by atoms with Crippen LogP contribution in [0.5, 0.6) is 0 Å². The Morgan fingerprint density at radius 1 is 1.24 bits per heavy atom. The van der Waals surface area contributed by atoms with Crippen LogP contribution in [0.15, 0.2) is 30.3 Å². The van der Waals surface area contributed by atoms with Gasteiger partial charge in [0.2, 0.25) is 0 Å². The lowest BCUT2D eigenvalue weighted by Crippen LogP contribution is -2.36. The maximum atomic E-state index is 3.67. The summed E-state index contributed by atoms with van der Waals surface area (Å²) in [4.78, 5) is 0. The molecular formula is C16H25N. The summed E-state index contributed by atoms with van der Waals surface area (Å²) in [5.41, 5.74) is 2.08. The van der Waals surface area contributed by atoms with Crippen molar-refractivity contribution in [3.05, 3.63) is 35.9 Å². The van der Waals surface area contributed by atoms with Gasteiger partial charge in [0.05, 0.1) is 0 Å². The maximum Gasteiger partial charge on any atom is 0.0121 e. The van der Waals surface area contributed by atoms with Crippen LogP contribution in [0.3, 0.4) is 0 Å². The smallest absolute Gasteiger partial charge is 0.0121 e. The van der Waals surface area contributed by atoms with Gasteiger partial charge < -0.3 is 5.32 Å². The van der Waals surface area contributed by atoms with Gasteiger partial charge in [-0.3, -0.25) is 0 Å². The highest BCUT2D eigenvalue weighted by molar-refractivity contribution is 5.14. The molecule has 0 radical (unpaired) electrons. The molecule has 1 aromatic carbocycles. The maximum absolute atomic E-state index is 3.67. The van der Waals surface area contributed by atoms with Gasteiger partial charge in [-0.05, 0) is 49.6 Å². The Bertz CT molecular complexity index is 327. The highest BCUT2D eigenvalue weighted by Crippen LogP contribution is 2.49. The van der Waals surface area contributed by atoms with E-state index in [2.05, 4.69) is 49.5 Å². The van der Waals surface area contributed by atoms with E-state index in [-0.39, 0.29) is 0 Å². The lowest BCUT2D eigenvalue weighted by molar-refractivity contribution is 0.336. The summed E-state index contributed by atoms with van der Waals surface area (Å²) in [6.07, 6.45) is 6.67. The molecule has 1 aromatic rings. The molecule has 1 saturated carbocycles. The zero-order valence-corrected chi connectivity index (χ0v) is 11.2. The van der Waals surface area contributed by atoms with Gasteiger partial charge in [0, 0.05) is 6.04 Å². The third kappa shape index (κ3) is 3.57. The first kappa shape index (κ1) is 12.6. The average Bonchev–Trinajstić information content (AvgIpc) is 3.09. The molecule has 0 spiro atoms. The quantitative estimate of drug-likeness (QED) is 0.753. The molecule has 0 aliphatic heterocycles. The minimum Gasteiger partial charge on any atom is -0.314 e.